The summed E-state index contributed by atoms with van der Waals surface area (Å²) in [6, 6.07) is 4.73. The Kier molecular flexibility index (Phi) is 5.09. The first-order chi connectivity index (χ1) is 9.76. The first kappa shape index (κ1) is 14.5. The van der Waals surface area contributed by atoms with Crippen molar-refractivity contribution in [3.8, 4) is 17.0 Å². The Hall–Kier alpha value is -1.92. The summed E-state index contributed by atoms with van der Waals surface area (Å²) in [6.07, 6.45) is 1.61. The molecule has 1 heterocycles. The molecule has 0 fully saturated rings. The lowest BCUT2D eigenvalue weighted by Crippen LogP contribution is -2.19. The number of hydrogen-bond donors (Lipinski definition) is 2. The summed E-state index contributed by atoms with van der Waals surface area (Å²) in [5, 5.41) is 3.17. The van der Waals surface area contributed by atoms with Crippen LogP contribution in [0.5, 0.6) is 5.75 Å². The quantitative estimate of drug-likeness (QED) is 0.761. The Labute approximate surface area is 117 Å². The minimum Gasteiger partial charge on any atom is -0.496 e. The lowest BCUT2D eigenvalue weighted by Gasteiger charge is -2.07. The van der Waals surface area contributed by atoms with Gasteiger partial charge in [-0.05, 0) is 12.1 Å². The summed E-state index contributed by atoms with van der Waals surface area (Å²) >= 11 is 0. The smallest absolute Gasteiger partial charge is 0.136 e. The third-order valence-corrected chi connectivity index (χ3v) is 2.87. The van der Waals surface area contributed by atoms with Crippen LogP contribution in [0.15, 0.2) is 24.4 Å². The number of aromatic amines is 1. The van der Waals surface area contributed by atoms with Gasteiger partial charge >= 0.3 is 0 Å². The zero-order valence-electron chi connectivity index (χ0n) is 11.6. The van der Waals surface area contributed by atoms with Crippen LogP contribution >= 0.6 is 0 Å². The van der Waals surface area contributed by atoms with Crippen molar-refractivity contribution in [3.05, 3.63) is 36.0 Å². The van der Waals surface area contributed by atoms with Crippen molar-refractivity contribution < 1.29 is 13.9 Å². The Morgan fingerprint density at radius 2 is 2.20 bits per heavy atom. The van der Waals surface area contributed by atoms with E-state index in [2.05, 4.69) is 15.3 Å². The summed E-state index contributed by atoms with van der Waals surface area (Å²) in [5.74, 6) is 0.876. The number of nitrogens with zero attached hydrogens (tertiary/aromatic N) is 1. The zero-order valence-corrected chi connectivity index (χ0v) is 11.6. The van der Waals surface area contributed by atoms with E-state index < -0.39 is 0 Å². The maximum atomic E-state index is 13.9. The van der Waals surface area contributed by atoms with Gasteiger partial charge in [-0.2, -0.15) is 0 Å². The van der Waals surface area contributed by atoms with E-state index in [1.807, 2.05) is 0 Å². The number of imidazole rings is 1. The van der Waals surface area contributed by atoms with Crippen LogP contribution in [0.4, 0.5) is 4.39 Å². The Morgan fingerprint density at radius 1 is 1.35 bits per heavy atom. The molecular weight excluding hydrogens is 261 g/mol. The van der Waals surface area contributed by atoms with Crippen LogP contribution < -0.4 is 10.1 Å². The molecule has 5 nitrogen and oxygen atoms in total. The van der Waals surface area contributed by atoms with Gasteiger partial charge in [0, 0.05) is 13.7 Å². The van der Waals surface area contributed by atoms with Crippen LogP contribution in [0.1, 0.15) is 5.82 Å². The van der Waals surface area contributed by atoms with Crippen molar-refractivity contribution in [1.29, 1.82) is 0 Å². The number of methoxy groups -OCH3 is 2. The first-order valence-corrected chi connectivity index (χ1v) is 6.32. The molecule has 6 heteroatoms. The van der Waals surface area contributed by atoms with Gasteiger partial charge < -0.3 is 19.8 Å². The molecule has 0 atom stereocenters. The molecule has 1 aromatic heterocycles. The molecule has 0 saturated heterocycles. The standard InChI is InChI=1S/C14H18FN3O2/c1-19-7-6-16-9-13-17-8-11(18-13)14-10(15)4-3-5-12(14)20-2/h3-5,8,16H,6-7,9H2,1-2H3,(H,17,18). The molecule has 2 N–H and O–H groups in total. The lowest BCUT2D eigenvalue weighted by atomic mass is 10.1. The zero-order chi connectivity index (χ0) is 14.4. The van der Waals surface area contributed by atoms with E-state index in [0.29, 0.717) is 30.2 Å². The molecule has 0 spiro atoms. The normalized spacial score (nSPS) is 10.8. The molecule has 108 valence electrons. The molecule has 0 bridgehead atoms. The second-order valence-electron chi connectivity index (χ2n) is 4.23. The summed E-state index contributed by atoms with van der Waals surface area (Å²) in [7, 11) is 3.17. The van der Waals surface area contributed by atoms with Crippen LogP contribution in [0, 0.1) is 5.82 Å². The average molecular weight is 279 g/mol. The van der Waals surface area contributed by atoms with Gasteiger partial charge in [0.15, 0.2) is 0 Å². The van der Waals surface area contributed by atoms with Crippen molar-refractivity contribution >= 4 is 0 Å². The number of H-pyrrole nitrogens is 1. The highest BCUT2D eigenvalue weighted by Crippen LogP contribution is 2.31. The molecule has 2 rings (SSSR count). The van der Waals surface area contributed by atoms with Crippen molar-refractivity contribution in [2.75, 3.05) is 27.4 Å². The van der Waals surface area contributed by atoms with Crippen molar-refractivity contribution in [1.82, 2.24) is 15.3 Å². The van der Waals surface area contributed by atoms with E-state index in [4.69, 9.17) is 9.47 Å². The number of halogens is 1. The van der Waals surface area contributed by atoms with E-state index >= 15 is 0 Å². The maximum absolute atomic E-state index is 13.9. The topological polar surface area (TPSA) is 59.2 Å². The molecule has 0 saturated carbocycles. The van der Waals surface area contributed by atoms with E-state index in [0.717, 1.165) is 12.4 Å². The van der Waals surface area contributed by atoms with Crippen LogP contribution in [0.3, 0.4) is 0 Å². The van der Waals surface area contributed by atoms with E-state index in [1.165, 1.54) is 13.2 Å². The predicted molar refractivity (Wildman–Crippen MR) is 74.1 cm³/mol. The van der Waals surface area contributed by atoms with Crippen LogP contribution in [-0.2, 0) is 11.3 Å². The number of rotatable bonds is 7. The Balaban J connectivity index is 2.12. The fourth-order valence-corrected chi connectivity index (χ4v) is 1.90. The lowest BCUT2D eigenvalue weighted by molar-refractivity contribution is 0.199. The molecule has 0 aliphatic heterocycles. The summed E-state index contributed by atoms with van der Waals surface area (Å²) in [6.45, 7) is 1.93. The van der Waals surface area contributed by atoms with Gasteiger partial charge in [-0.1, -0.05) is 6.07 Å². The highest BCUT2D eigenvalue weighted by atomic mass is 19.1. The first-order valence-electron chi connectivity index (χ1n) is 6.32. The van der Waals surface area contributed by atoms with E-state index in [9.17, 15) is 4.39 Å². The molecule has 0 unspecified atom stereocenters. The second-order valence-corrected chi connectivity index (χ2v) is 4.23. The van der Waals surface area contributed by atoms with Gasteiger partial charge in [-0.3, -0.25) is 0 Å². The SMILES string of the molecule is COCCNCc1ncc(-c2c(F)cccc2OC)[nH]1. The molecule has 1 aromatic carbocycles. The van der Waals surface area contributed by atoms with Gasteiger partial charge in [0.2, 0.25) is 0 Å². The van der Waals surface area contributed by atoms with Crippen LogP contribution in [0.25, 0.3) is 11.3 Å². The molecule has 0 radical (unpaired) electrons. The fraction of sp³-hybridized carbons (Fsp3) is 0.357. The summed E-state index contributed by atoms with van der Waals surface area (Å²) in [4.78, 5) is 7.31. The highest BCUT2D eigenvalue weighted by molar-refractivity contribution is 5.67. The summed E-state index contributed by atoms with van der Waals surface area (Å²) in [5.41, 5.74) is 0.995. The molecule has 0 aliphatic rings. The van der Waals surface area contributed by atoms with Crippen molar-refractivity contribution in [3.63, 3.8) is 0 Å². The van der Waals surface area contributed by atoms with Gasteiger partial charge in [-0.15, -0.1) is 0 Å². The molecule has 2 aromatic rings. The molecule has 20 heavy (non-hydrogen) atoms. The second kappa shape index (κ2) is 7.02. The number of benzene rings is 1. The number of aromatic nitrogens is 2. The molecule has 0 aliphatic carbocycles. The third kappa shape index (κ3) is 3.34. The highest BCUT2D eigenvalue weighted by Gasteiger charge is 2.13. The predicted octanol–water partition coefficient (Wildman–Crippen LogP) is 1.96. The van der Waals surface area contributed by atoms with E-state index in [-0.39, 0.29) is 5.82 Å². The monoisotopic (exact) mass is 279 g/mol. The minimum atomic E-state index is -0.341. The summed E-state index contributed by atoms with van der Waals surface area (Å²) < 4.78 is 24.0. The minimum absolute atomic E-state index is 0.341. The van der Waals surface area contributed by atoms with Crippen LogP contribution in [-0.4, -0.2) is 37.3 Å². The largest absolute Gasteiger partial charge is 0.496 e. The van der Waals surface area contributed by atoms with Gasteiger partial charge in [0.1, 0.15) is 17.4 Å². The van der Waals surface area contributed by atoms with E-state index in [1.54, 1.807) is 25.4 Å². The fourth-order valence-electron chi connectivity index (χ4n) is 1.90. The van der Waals surface area contributed by atoms with Crippen molar-refractivity contribution in [2.45, 2.75) is 6.54 Å². The van der Waals surface area contributed by atoms with Gasteiger partial charge in [0.25, 0.3) is 0 Å². The van der Waals surface area contributed by atoms with Gasteiger partial charge in [0.05, 0.1) is 37.7 Å². The van der Waals surface area contributed by atoms with Gasteiger partial charge in [-0.25, -0.2) is 9.37 Å². The average Bonchev–Trinajstić information content (AvgIpc) is 2.91. The molecule has 0 amide bonds. The van der Waals surface area contributed by atoms with Crippen LogP contribution in [0.2, 0.25) is 0 Å². The maximum Gasteiger partial charge on any atom is 0.136 e. The Morgan fingerprint density at radius 3 is 2.95 bits per heavy atom. The Bertz CT molecular complexity index is 557. The number of hydrogen-bond acceptors (Lipinski definition) is 4. The third-order valence-electron chi connectivity index (χ3n) is 2.87. The van der Waals surface area contributed by atoms with Crippen molar-refractivity contribution in [2.24, 2.45) is 0 Å². The number of nitrogens with one attached hydrogen (secondary N) is 2. The number of ether oxygens (including phenoxy) is 2. The molecular formula is C14H18FN3O2.